The van der Waals surface area contributed by atoms with Crippen LogP contribution in [0, 0.1) is 0 Å². The predicted octanol–water partition coefficient (Wildman–Crippen LogP) is 4.01. The molecule has 40 heavy (non-hydrogen) atoms. The molecule has 204 valence electrons. The summed E-state index contributed by atoms with van der Waals surface area (Å²) in [6.45, 7) is 0.282. The smallest absolute Gasteiger partial charge is 0.257 e. The molecule has 0 unspecified atom stereocenters. The van der Waals surface area contributed by atoms with Crippen LogP contribution < -0.4 is 30.0 Å². The lowest BCUT2D eigenvalue weighted by Crippen LogP contribution is -2.23. The lowest BCUT2D eigenvalue weighted by Gasteiger charge is -2.12. The van der Waals surface area contributed by atoms with Crippen molar-refractivity contribution < 1.29 is 23.7 Å². The summed E-state index contributed by atoms with van der Waals surface area (Å²) < 4.78 is 22.9. The molecular weight excluding hydrogens is 512 g/mol. The summed E-state index contributed by atoms with van der Waals surface area (Å²) in [5, 5.41) is 7.50. The second-order valence-corrected chi connectivity index (χ2v) is 8.69. The van der Waals surface area contributed by atoms with Crippen molar-refractivity contribution in [3.05, 3.63) is 77.4 Å². The molecule has 2 aromatic heterocycles. The SMILES string of the molecule is COc1ccc(CNC(=O)c2c(N)n(/N=C/c3cc(OC)c(OC)c(OC)c3)c3nc4ccccc4nc23)cc1. The van der Waals surface area contributed by atoms with Crippen molar-refractivity contribution in [3.63, 3.8) is 0 Å². The molecule has 0 bridgehead atoms. The molecule has 0 spiro atoms. The predicted molar refractivity (Wildman–Crippen MR) is 153 cm³/mol. The third-order valence-electron chi connectivity index (χ3n) is 6.32. The number of nitrogens with one attached hydrogen (secondary N) is 1. The van der Waals surface area contributed by atoms with E-state index in [0.29, 0.717) is 45.0 Å². The van der Waals surface area contributed by atoms with E-state index in [-0.39, 0.29) is 17.9 Å². The minimum absolute atomic E-state index is 0.0984. The Balaban J connectivity index is 1.57. The number of ether oxygens (including phenoxy) is 4. The van der Waals surface area contributed by atoms with Crippen LogP contribution in [0.5, 0.6) is 23.0 Å². The molecule has 0 atom stereocenters. The van der Waals surface area contributed by atoms with Crippen molar-refractivity contribution in [1.82, 2.24) is 20.0 Å². The highest BCUT2D eigenvalue weighted by Crippen LogP contribution is 2.38. The minimum atomic E-state index is -0.398. The van der Waals surface area contributed by atoms with Gasteiger partial charge in [-0.1, -0.05) is 24.3 Å². The first-order chi connectivity index (χ1) is 19.5. The molecule has 3 aromatic carbocycles. The van der Waals surface area contributed by atoms with Crippen LogP contribution >= 0.6 is 0 Å². The number of carbonyl (C=O) groups excluding carboxylic acids is 1. The number of amides is 1. The highest BCUT2D eigenvalue weighted by Gasteiger charge is 2.24. The summed E-state index contributed by atoms with van der Waals surface area (Å²) in [4.78, 5) is 22.9. The van der Waals surface area contributed by atoms with E-state index >= 15 is 0 Å². The molecule has 11 heteroatoms. The number of anilines is 1. The van der Waals surface area contributed by atoms with Gasteiger partial charge in [-0.3, -0.25) is 4.79 Å². The van der Waals surface area contributed by atoms with Crippen molar-refractivity contribution in [3.8, 4) is 23.0 Å². The normalized spacial score (nSPS) is 11.2. The Morgan fingerprint density at radius 3 is 2.17 bits per heavy atom. The van der Waals surface area contributed by atoms with E-state index in [4.69, 9.17) is 34.6 Å². The maximum atomic E-state index is 13.4. The first-order valence-corrected chi connectivity index (χ1v) is 12.3. The van der Waals surface area contributed by atoms with Crippen molar-refractivity contribution in [1.29, 1.82) is 0 Å². The molecule has 0 radical (unpaired) electrons. The Morgan fingerprint density at radius 2 is 1.57 bits per heavy atom. The number of aromatic nitrogens is 3. The number of nitrogens with two attached hydrogens (primary N) is 1. The fourth-order valence-electron chi connectivity index (χ4n) is 4.30. The molecule has 5 aromatic rings. The molecule has 2 heterocycles. The number of hydrogen-bond acceptors (Lipinski definition) is 9. The number of carbonyl (C=O) groups is 1. The summed E-state index contributed by atoms with van der Waals surface area (Å²) >= 11 is 0. The van der Waals surface area contributed by atoms with Crippen molar-refractivity contribution in [2.45, 2.75) is 6.54 Å². The van der Waals surface area contributed by atoms with Crippen LogP contribution in [-0.4, -0.2) is 55.2 Å². The Labute approximate surface area is 230 Å². The summed E-state index contributed by atoms with van der Waals surface area (Å²) in [5.74, 6) is 1.83. The first-order valence-electron chi connectivity index (χ1n) is 12.3. The molecule has 11 nitrogen and oxygen atoms in total. The number of fused-ring (bicyclic) bond motifs is 2. The Morgan fingerprint density at radius 1 is 0.925 bits per heavy atom. The molecule has 5 rings (SSSR count). The number of methoxy groups -OCH3 is 4. The van der Waals surface area contributed by atoms with E-state index < -0.39 is 5.91 Å². The van der Waals surface area contributed by atoms with Crippen LogP contribution in [0.15, 0.2) is 65.8 Å². The highest BCUT2D eigenvalue weighted by atomic mass is 16.5. The second kappa shape index (κ2) is 11.2. The molecule has 0 fully saturated rings. The third kappa shape index (κ3) is 4.92. The number of rotatable bonds is 9. The molecule has 0 saturated carbocycles. The van der Waals surface area contributed by atoms with E-state index in [1.165, 1.54) is 26.0 Å². The third-order valence-corrected chi connectivity index (χ3v) is 6.32. The Kier molecular flexibility index (Phi) is 7.36. The highest BCUT2D eigenvalue weighted by molar-refractivity contribution is 6.10. The van der Waals surface area contributed by atoms with Crippen LogP contribution in [0.2, 0.25) is 0 Å². The molecule has 0 aliphatic heterocycles. The average Bonchev–Trinajstić information content (AvgIpc) is 3.26. The molecular formula is C29H28N6O5. The van der Waals surface area contributed by atoms with Crippen molar-refractivity contribution in [2.75, 3.05) is 34.2 Å². The maximum absolute atomic E-state index is 13.4. The summed E-state index contributed by atoms with van der Waals surface area (Å²) in [6.07, 6.45) is 1.57. The monoisotopic (exact) mass is 540 g/mol. The standard InChI is InChI=1S/C29H28N6O5/c1-37-19-11-9-17(10-12-19)15-31-29(36)24-25-28(34-21-8-6-5-7-20(21)33-25)35(27(24)30)32-16-18-13-22(38-2)26(40-4)23(14-18)39-3/h5-14,16H,15,30H2,1-4H3,(H,31,36)/b32-16+. The van der Waals surface area contributed by atoms with E-state index in [0.717, 1.165) is 11.3 Å². The van der Waals surface area contributed by atoms with E-state index in [1.54, 1.807) is 25.5 Å². The van der Waals surface area contributed by atoms with Gasteiger partial charge in [-0.05, 0) is 42.0 Å². The van der Waals surface area contributed by atoms with E-state index in [2.05, 4.69) is 10.4 Å². The first kappa shape index (κ1) is 26.3. The average molecular weight is 541 g/mol. The molecule has 0 aliphatic rings. The van der Waals surface area contributed by atoms with Gasteiger partial charge >= 0.3 is 0 Å². The summed E-state index contributed by atoms with van der Waals surface area (Å²) in [6, 6.07) is 18.3. The number of nitrogens with zero attached hydrogens (tertiary/aromatic N) is 4. The van der Waals surface area contributed by atoms with Gasteiger partial charge in [0.15, 0.2) is 17.1 Å². The lowest BCUT2D eigenvalue weighted by atomic mass is 10.2. The van der Waals surface area contributed by atoms with Crippen LogP contribution in [0.25, 0.3) is 22.2 Å². The van der Waals surface area contributed by atoms with Crippen LogP contribution in [0.4, 0.5) is 5.82 Å². The van der Waals surface area contributed by atoms with E-state index in [1.807, 2.05) is 48.5 Å². The number of para-hydroxylation sites is 2. The largest absolute Gasteiger partial charge is 0.497 e. The van der Waals surface area contributed by atoms with Crippen LogP contribution in [0.3, 0.4) is 0 Å². The zero-order valence-corrected chi connectivity index (χ0v) is 22.5. The van der Waals surface area contributed by atoms with Gasteiger partial charge < -0.3 is 30.0 Å². The topological polar surface area (TPSA) is 135 Å². The van der Waals surface area contributed by atoms with Crippen LogP contribution in [-0.2, 0) is 6.54 Å². The number of nitrogen functional groups attached to an aromatic ring is 1. The Bertz CT molecular complexity index is 1700. The summed E-state index contributed by atoms with van der Waals surface area (Å²) in [5.41, 5.74) is 10.2. The van der Waals surface area contributed by atoms with E-state index in [9.17, 15) is 4.79 Å². The van der Waals surface area contributed by atoms with Gasteiger partial charge in [-0.25, -0.2) is 9.97 Å². The summed E-state index contributed by atoms with van der Waals surface area (Å²) in [7, 11) is 6.20. The van der Waals surface area contributed by atoms with Crippen LogP contribution in [0.1, 0.15) is 21.5 Å². The second-order valence-electron chi connectivity index (χ2n) is 8.69. The molecule has 1 amide bonds. The minimum Gasteiger partial charge on any atom is -0.497 e. The molecule has 0 saturated heterocycles. The Hall–Kier alpha value is -5.32. The van der Waals surface area contributed by atoms with Gasteiger partial charge in [0, 0.05) is 12.1 Å². The zero-order valence-electron chi connectivity index (χ0n) is 22.5. The van der Waals surface area contributed by atoms with Gasteiger partial charge in [-0.2, -0.15) is 9.78 Å². The van der Waals surface area contributed by atoms with Gasteiger partial charge in [0.1, 0.15) is 22.6 Å². The number of hydrogen-bond donors (Lipinski definition) is 2. The van der Waals surface area contributed by atoms with Gasteiger partial charge in [0.05, 0.1) is 45.7 Å². The number of benzene rings is 3. The van der Waals surface area contributed by atoms with Crippen molar-refractivity contribution in [2.24, 2.45) is 5.10 Å². The molecule has 3 N–H and O–H groups in total. The van der Waals surface area contributed by atoms with Gasteiger partial charge in [0.2, 0.25) is 5.75 Å². The van der Waals surface area contributed by atoms with Gasteiger partial charge in [-0.15, -0.1) is 0 Å². The van der Waals surface area contributed by atoms with Crippen molar-refractivity contribution >= 4 is 40.1 Å². The van der Waals surface area contributed by atoms with Gasteiger partial charge in [0.25, 0.3) is 5.91 Å². The maximum Gasteiger partial charge on any atom is 0.257 e. The fraction of sp³-hybridized carbons (Fsp3) is 0.172. The lowest BCUT2D eigenvalue weighted by molar-refractivity contribution is 0.0953. The molecule has 0 aliphatic carbocycles. The quantitative estimate of drug-likeness (QED) is 0.268. The fourth-order valence-corrected chi connectivity index (χ4v) is 4.30. The zero-order chi connectivity index (χ0) is 28.2.